The van der Waals surface area contributed by atoms with Crippen LogP contribution >= 0.6 is 0 Å². The van der Waals surface area contributed by atoms with Gasteiger partial charge in [-0.25, -0.2) is 0 Å². The van der Waals surface area contributed by atoms with Gasteiger partial charge in [0, 0.05) is 17.9 Å². The van der Waals surface area contributed by atoms with E-state index in [1.165, 1.54) is 11.1 Å². The molecule has 1 heteroatoms. The number of ether oxygens (including phenoxy) is 1. The zero-order chi connectivity index (χ0) is 14.5. The summed E-state index contributed by atoms with van der Waals surface area (Å²) in [5.74, 6) is 2.09. The molecule has 0 aliphatic carbocycles. The maximum absolute atomic E-state index is 6.00. The van der Waals surface area contributed by atoms with E-state index in [0.717, 1.165) is 30.8 Å². The molecule has 21 heavy (non-hydrogen) atoms. The maximum Gasteiger partial charge on any atom is 0.130 e. The summed E-state index contributed by atoms with van der Waals surface area (Å²) in [7, 11) is 0. The molecule has 1 aliphatic rings. The Morgan fingerprint density at radius 3 is 2.52 bits per heavy atom. The Hall–Kier alpha value is -2.28. The molecule has 0 spiro atoms. The van der Waals surface area contributed by atoms with Gasteiger partial charge in [0.15, 0.2) is 0 Å². The smallest absolute Gasteiger partial charge is 0.130 e. The second kappa shape index (κ2) is 6.45. The van der Waals surface area contributed by atoms with Crippen molar-refractivity contribution in [3.8, 4) is 5.75 Å². The van der Waals surface area contributed by atoms with E-state index in [2.05, 4.69) is 61.2 Å². The molecule has 2 aromatic carbocycles. The predicted octanol–water partition coefficient (Wildman–Crippen LogP) is 5.45. The fourth-order valence-corrected chi connectivity index (χ4v) is 2.79. The summed E-state index contributed by atoms with van der Waals surface area (Å²) in [6.07, 6.45) is 7.38. The summed E-state index contributed by atoms with van der Waals surface area (Å²) in [5.41, 5.74) is 2.56. The quantitative estimate of drug-likeness (QED) is 0.629. The van der Waals surface area contributed by atoms with Crippen LogP contribution in [-0.4, -0.2) is 0 Å². The van der Waals surface area contributed by atoms with Crippen LogP contribution in [0.15, 0.2) is 79.1 Å². The Balaban J connectivity index is 2.06. The van der Waals surface area contributed by atoms with Gasteiger partial charge in [-0.2, -0.15) is 0 Å². The van der Waals surface area contributed by atoms with Gasteiger partial charge in [-0.3, -0.25) is 0 Å². The molecule has 106 valence electrons. The first-order valence-electron chi connectivity index (χ1n) is 7.49. The minimum atomic E-state index is 0.324. The van der Waals surface area contributed by atoms with E-state index in [4.69, 9.17) is 4.74 Å². The number of fused-ring (bicyclic) bond motifs is 1. The van der Waals surface area contributed by atoms with E-state index < -0.39 is 0 Å². The van der Waals surface area contributed by atoms with Gasteiger partial charge < -0.3 is 4.74 Å². The minimum Gasteiger partial charge on any atom is -0.462 e. The molecule has 1 heterocycles. The van der Waals surface area contributed by atoms with Gasteiger partial charge in [0.1, 0.15) is 5.75 Å². The van der Waals surface area contributed by atoms with E-state index in [1.807, 2.05) is 12.1 Å². The Morgan fingerprint density at radius 2 is 1.67 bits per heavy atom. The van der Waals surface area contributed by atoms with Crippen molar-refractivity contribution in [3.05, 3.63) is 90.2 Å². The average molecular weight is 276 g/mol. The lowest BCUT2D eigenvalue weighted by molar-refractivity contribution is 0.400. The highest BCUT2D eigenvalue weighted by Gasteiger charge is 2.18. The number of hydrogen-bond donors (Lipinski definition) is 0. The molecule has 0 saturated carbocycles. The van der Waals surface area contributed by atoms with Crippen LogP contribution in [0.2, 0.25) is 0 Å². The summed E-state index contributed by atoms with van der Waals surface area (Å²) < 4.78 is 6.00. The maximum atomic E-state index is 6.00. The van der Waals surface area contributed by atoms with E-state index in [-0.39, 0.29) is 0 Å². The van der Waals surface area contributed by atoms with Crippen LogP contribution in [0.25, 0.3) is 0 Å². The molecule has 2 aromatic rings. The normalized spacial score (nSPS) is 20.2. The Bertz CT molecular complexity index is 640. The third kappa shape index (κ3) is 3.25. The predicted molar refractivity (Wildman–Crippen MR) is 87.5 cm³/mol. The summed E-state index contributed by atoms with van der Waals surface area (Å²) in [5, 5.41) is 0. The Kier molecular flexibility index (Phi) is 4.20. The molecule has 1 nitrogen and oxygen atoms in total. The van der Waals surface area contributed by atoms with Crippen molar-refractivity contribution in [1.82, 2.24) is 0 Å². The molecule has 0 saturated heterocycles. The summed E-state index contributed by atoms with van der Waals surface area (Å²) in [6, 6.07) is 18.9. The number of allylic oxidation sites excluding steroid dienone is 3. The van der Waals surface area contributed by atoms with Gasteiger partial charge in [0.25, 0.3) is 0 Å². The first kappa shape index (κ1) is 13.7. The molecule has 1 unspecified atom stereocenters. The molecule has 1 atom stereocenters. The van der Waals surface area contributed by atoms with Crippen molar-refractivity contribution in [2.24, 2.45) is 0 Å². The van der Waals surface area contributed by atoms with E-state index in [1.54, 1.807) is 0 Å². The van der Waals surface area contributed by atoms with Crippen LogP contribution in [0.5, 0.6) is 5.75 Å². The van der Waals surface area contributed by atoms with Crippen LogP contribution < -0.4 is 4.74 Å². The van der Waals surface area contributed by atoms with Crippen molar-refractivity contribution in [1.29, 1.82) is 0 Å². The topological polar surface area (TPSA) is 9.23 Å². The highest BCUT2D eigenvalue weighted by atomic mass is 16.5. The van der Waals surface area contributed by atoms with Crippen molar-refractivity contribution < 1.29 is 4.74 Å². The van der Waals surface area contributed by atoms with Gasteiger partial charge in [0.2, 0.25) is 0 Å². The second-order valence-corrected chi connectivity index (χ2v) is 5.39. The van der Waals surface area contributed by atoms with Crippen molar-refractivity contribution in [2.75, 3.05) is 0 Å². The van der Waals surface area contributed by atoms with Gasteiger partial charge in [0.05, 0.1) is 5.76 Å². The standard InChI is InChI=1S/C20H20O/c1-16-10-4-2-7-13-18(17-11-5-3-6-12-17)19-14-8-9-15-20(19)21-16/h2-3,5-9,11-12,14-15,18H,1,4,10,13H2/b7-2-. The van der Waals surface area contributed by atoms with Crippen molar-refractivity contribution in [3.63, 3.8) is 0 Å². The van der Waals surface area contributed by atoms with Gasteiger partial charge in [-0.05, 0) is 24.5 Å². The zero-order valence-corrected chi connectivity index (χ0v) is 12.2. The highest BCUT2D eigenvalue weighted by molar-refractivity contribution is 5.43. The minimum absolute atomic E-state index is 0.324. The fraction of sp³-hybridized carbons (Fsp3) is 0.200. The van der Waals surface area contributed by atoms with Crippen LogP contribution in [0.1, 0.15) is 36.3 Å². The molecule has 0 N–H and O–H groups in total. The number of benzene rings is 2. The van der Waals surface area contributed by atoms with E-state index >= 15 is 0 Å². The molecule has 1 aliphatic heterocycles. The largest absolute Gasteiger partial charge is 0.462 e. The monoisotopic (exact) mass is 276 g/mol. The van der Waals surface area contributed by atoms with Gasteiger partial charge in [-0.15, -0.1) is 0 Å². The Labute approximate surface area is 126 Å². The molecular weight excluding hydrogens is 256 g/mol. The lowest BCUT2D eigenvalue weighted by Crippen LogP contribution is -2.05. The lowest BCUT2D eigenvalue weighted by atomic mass is 9.87. The second-order valence-electron chi connectivity index (χ2n) is 5.39. The van der Waals surface area contributed by atoms with Gasteiger partial charge >= 0.3 is 0 Å². The lowest BCUT2D eigenvalue weighted by Gasteiger charge is -2.21. The molecule has 0 radical (unpaired) electrons. The summed E-state index contributed by atoms with van der Waals surface area (Å²) in [6.45, 7) is 4.03. The molecule has 0 bridgehead atoms. The van der Waals surface area contributed by atoms with Crippen LogP contribution in [0.4, 0.5) is 0 Å². The summed E-state index contributed by atoms with van der Waals surface area (Å²) in [4.78, 5) is 0. The third-order valence-corrected chi connectivity index (χ3v) is 3.88. The Morgan fingerprint density at radius 1 is 0.905 bits per heavy atom. The van der Waals surface area contributed by atoms with E-state index in [0.29, 0.717) is 5.92 Å². The fourth-order valence-electron chi connectivity index (χ4n) is 2.79. The van der Waals surface area contributed by atoms with E-state index in [9.17, 15) is 0 Å². The van der Waals surface area contributed by atoms with Crippen LogP contribution in [0, 0.1) is 0 Å². The highest BCUT2D eigenvalue weighted by Crippen LogP contribution is 2.36. The molecular formula is C20H20O. The molecule has 0 aromatic heterocycles. The van der Waals surface area contributed by atoms with Crippen LogP contribution in [0.3, 0.4) is 0 Å². The molecule has 0 amide bonds. The summed E-state index contributed by atoms with van der Waals surface area (Å²) >= 11 is 0. The number of hydrogen-bond acceptors (Lipinski definition) is 1. The zero-order valence-electron chi connectivity index (χ0n) is 12.2. The first-order valence-corrected chi connectivity index (χ1v) is 7.49. The molecule has 0 fully saturated rings. The number of rotatable bonds is 1. The SMILES string of the molecule is C=C1CC/C=C\CC(c2ccccc2)c2ccccc2O1. The van der Waals surface area contributed by atoms with Crippen molar-refractivity contribution >= 4 is 0 Å². The average Bonchev–Trinajstić information content (AvgIpc) is 2.53. The van der Waals surface area contributed by atoms with Gasteiger partial charge in [-0.1, -0.05) is 67.3 Å². The van der Waals surface area contributed by atoms with Crippen molar-refractivity contribution in [2.45, 2.75) is 25.2 Å². The van der Waals surface area contributed by atoms with Crippen LogP contribution in [-0.2, 0) is 0 Å². The number of para-hydroxylation sites is 1. The first-order chi connectivity index (χ1) is 10.3. The third-order valence-electron chi connectivity index (χ3n) is 3.88. The molecule has 3 rings (SSSR count).